The largest absolute Gasteiger partial charge is 0.497 e. The molecule has 2 aromatic rings. The van der Waals surface area contributed by atoms with Crippen LogP contribution < -0.4 is 10.1 Å². The molecule has 0 amide bonds. The fourth-order valence-corrected chi connectivity index (χ4v) is 2.79. The van der Waals surface area contributed by atoms with E-state index >= 15 is 0 Å². The van der Waals surface area contributed by atoms with Crippen molar-refractivity contribution < 1.29 is 4.74 Å². The Morgan fingerprint density at radius 1 is 1.05 bits per heavy atom. The van der Waals surface area contributed by atoms with Gasteiger partial charge in [-0.2, -0.15) is 0 Å². The second-order valence-corrected chi connectivity index (χ2v) is 5.72. The van der Waals surface area contributed by atoms with Gasteiger partial charge in [0.2, 0.25) is 0 Å². The van der Waals surface area contributed by atoms with Crippen LogP contribution in [-0.2, 0) is 6.42 Å². The first-order chi connectivity index (χ1) is 10.2. The van der Waals surface area contributed by atoms with Crippen LogP contribution in [0.4, 0.5) is 5.69 Å². The van der Waals surface area contributed by atoms with Crippen LogP contribution in [0.15, 0.2) is 48.5 Å². The summed E-state index contributed by atoms with van der Waals surface area (Å²) in [4.78, 5) is 0. The number of rotatable bonds is 4. The van der Waals surface area contributed by atoms with Crippen LogP contribution in [0.5, 0.6) is 5.75 Å². The van der Waals surface area contributed by atoms with Gasteiger partial charge in [0.15, 0.2) is 0 Å². The van der Waals surface area contributed by atoms with Crippen LogP contribution in [0.25, 0.3) is 5.57 Å². The summed E-state index contributed by atoms with van der Waals surface area (Å²) in [5.41, 5.74) is 6.49. The van der Waals surface area contributed by atoms with Crippen LogP contribution in [0.1, 0.15) is 30.5 Å². The van der Waals surface area contributed by atoms with E-state index in [1.807, 2.05) is 12.1 Å². The van der Waals surface area contributed by atoms with E-state index in [2.05, 4.69) is 55.6 Å². The maximum Gasteiger partial charge on any atom is 0.118 e. The Bertz CT molecular complexity index is 668. The van der Waals surface area contributed by atoms with Crippen LogP contribution in [0.2, 0.25) is 0 Å². The van der Waals surface area contributed by atoms with Crippen LogP contribution in [0, 0.1) is 0 Å². The van der Waals surface area contributed by atoms with Crippen LogP contribution in [-0.4, -0.2) is 13.2 Å². The average molecular weight is 279 g/mol. The lowest BCUT2D eigenvalue weighted by molar-refractivity contribution is 0.415. The third-order valence-corrected chi connectivity index (χ3v) is 3.78. The van der Waals surface area contributed by atoms with Crippen molar-refractivity contribution in [3.63, 3.8) is 0 Å². The summed E-state index contributed by atoms with van der Waals surface area (Å²) < 4.78 is 5.23. The standard InChI is InChI=1S/C19H21NO/c1-13(2)20-16-8-4-15-7-11-18(19(15)12-16)14-5-9-17(21-3)10-6-14/h4-6,8-13,20H,7H2,1-3H3. The third-order valence-electron chi connectivity index (χ3n) is 3.78. The highest BCUT2D eigenvalue weighted by molar-refractivity contribution is 5.86. The second kappa shape index (κ2) is 5.65. The van der Waals surface area contributed by atoms with E-state index in [1.165, 1.54) is 28.0 Å². The molecular formula is C19H21NO. The van der Waals surface area contributed by atoms with Gasteiger partial charge in [0.1, 0.15) is 5.75 Å². The predicted octanol–water partition coefficient (Wildman–Crippen LogP) is 4.50. The fourth-order valence-electron chi connectivity index (χ4n) is 2.79. The number of methoxy groups -OCH3 is 1. The van der Waals surface area contributed by atoms with E-state index in [9.17, 15) is 0 Å². The number of allylic oxidation sites excluding steroid dienone is 1. The molecule has 0 atom stereocenters. The molecule has 0 spiro atoms. The molecule has 0 fully saturated rings. The second-order valence-electron chi connectivity index (χ2n) is 5.72. The molecular weight excluding hydrogens is 258 g/mol. The number of fused-ring (bicyclic) bond motifs is 1. The average Bonchev–Trinajstić information content (AvgIpc) is 2.90. The Labute approximate surface area is 126 Å². The molecule has 1 aliphatic carbocycles. The molecule has 0 aromatic heterocycles. The molecule has 0 heterocycles. The van der Waals surface area contributed by atoms with E-state index in [-0.39, 0.29) is 0 Å². The number of hydrogen-bond acceptors (Lipinski definition) is 2. The van der Waals surface area contributed by atoms with Gasteiger partial charge in [-0.3, -0.25) is 0 Å². The Morgan fingerprint density at radius 3 is 2.48 bits per heavy atom. The molecule has 0 aliphatic heterocycles. The number of hydrogen-bond donors (Lipinski definition) is 1. The van der Waals surface area contributed by atoms with Crippen molar-refractivity contribution in [3.05, 3.63) is 65.2 Å². The maximum atomic E-state index is 5.23. The Balaban J connectivity index is 1.93. The van der Waals surface area contributed by atoms with Gasteiger partial charge in [0, 0.05) is 11.7 Å². The quantitative estimate of drug-likeness (QED) is 0.889. The third kappa shape index (κ3) is 2.80. The van der Waals surface area contributed by atoms with Crippen molar-refractivity contribution in [3.8, 4) is 5.75 Å². The number of anilines is 1. The first-order valence-corrected chi connectivity index (χ1v) is 7.42. The van der Waals surface area contributed by atoms with Gasteiger partial charge in [-0.15, -0.1) is 0 Å². The molecule has 1 N–H and O–H groups in total. The highest BCUT2D eigenvalue weighted by Gasteiger charge is 2.16. The molecule has 0 saturated heterocycles. The van der Waals surface area contributed by atoms with E-state index in [0.29, 0.717) is 6.04 Å². The van der Waals surface area contributed by atoms with Gasteiger partial charge >= 0.3 is 0 Å². The van der Waals surface area contributed by atoms with Gasteiger partial charge < -0.3 is 10.1 Å². The minimum atomic E-state index is 0.442. The first-order valence-electron chi connectivity index (χ1n) is 7.42. The number of nitrogens with one attached hydrogen (secondary N) is 1. The van der Waals surface area contributed by atoms with E-state index in [1.54, 1.807) is 7.11 Å². The molecule has 0 radical (unpaired) electrons. The minimum Gasteiger partial charge on any atom is -0.497 e. The molecule has 1 aliphatic rings. The Morgan fingerprint density at radius 2 is 1.81 bits per heavy atom. The summed E-state index contributed by atoms with van der Waals surface area (Å²) in [6.45, 7) is 4.32. The molecule has 0 bridgehead atoms. The van der Waals surface area contributed by atoms with Gasteiger partial charge in [-0.25, -0.2) is 0 Å². The minimum absolute atomic E-state index is 0.442. The first kappa shape index (κ1) is 13.7. The van der Waals surface area contributed by atoms with Crippen LogP contribution in [0.3, 0.4) is 0 Å². The molecule has 21 heavy (non-hydrogen) atoms. The van der Waals surface area contributed by atoms with Crippen molar-refractivity contribution >= 4 is 11.3 Å². The van der Waals surface area contributed by atoms with Gasteiger partial charge in [-0.1, -0.05) is 24.3 Å². The SMILES string of the molecule is COc1ccc(C2=CCc3ccc(NC(C)C)cc32)cc1. The van der Waals surface area contributed by atoms with Gasteiger partial charge in [0.25, 0.3) is 0 Å². The molecule has 108 valence electrons. The fraction of sp³-hybridized carbons (Fsp3) is 0.263. The number of benzene rings is 2. The van der Waals surface area contributed by atoms with Crippen molar-refractivity contribution in [2.45, 2.75) is 26.3 Å². The zero-order valence-corrected chi connectivity index (χ0v) is 12.8. The molecule has 0 saturated carbocycles. The summed E-state index contributed by atoms with van der Waals surface area (Å²) in [7, 11) is 1.70. The molecule has 2 aromatic carbocycles. The lowest BCUT2D eigenvalue weighted by Crippen LogP contribution is -2.09. The smallest absolute Gasteiger partial charge is 0.118 e. The normalized spacial score (nSPS) is 13.0. The predicted molar refractivity (Wildman–Crippen MR) is 89.0 cm³/mol. The van der Waals surface area contributed by atoms with E-state index in [0.717, 1.165) is 12.2 Å². The van der Waals surface area contributed by atoms with Crippen LogP contribution >= 0.6 is 0 Å². The number of ether oxygens (including phenoxy) is 1. The lowest BCUT2D eigenvalue weighted by atomic mass is 9.98. The highest BCUT2D eigenvalue weighted by atomic mass is 16.5. The summed E-state index contributed by atoms with van der Waals surface area (Å²) in [6.07, 6.45) is 3.32. The van der Waals surface area contributed by atoms with Gasteiger partial charge in [0.05, 0.1) is 7.11 Å². The van der Waals surface area contributed by atoms with Crippen molar-refractivity contribution in [1.29, 1.82) is 0 Å². The van der Waals surface area contributed by atoms with Crippen molar-refractivity contribution in [2.75, 3.05) is 12.4 Å². The molecule has 2 nitrogen and oxygen atoms in total. The van der Waals surface area contributed by atoms with E-state index in [4.69, 9.17) is 4.74 Å². The Kier molecular flexibility index (Phi) is 3.70. The summed E-state index contributed by atoms with van der Waals surface area (Å²) in [5.74, 6) is 0.896. The molecule has 2 heteroatoms. The van der Waals surface area contributed by atoms with E-state index < -0.39 is 0 Å². The molecule has 0 unspecified atom stereocenters. The lowest BCUT2D eigenvalue weighted by Gasteiger charge is -2.13. The van der Waals surface area contributed by atoms with Gasteiger partial charge in [-0.05, 0) is 66.8 Å². The topological polar surface area (TPSA) is 21.3 Å². The molecule has 3 rings (SSSR count). The highest BCUT2D eigenvalue weighted by Crippen LogP contribution is 2.35. The van der Waals surface area contributed by atoms with Crippen molar-refractivity contribution in [1.82, 2.24) is 0 Å². The Hall–Kier alpha value is -2.22. The van der Waals surface area contributed by atoms with Crippen molar-refractivity contribution in [2.24, 2.45) is 0 Å². The zero-order valence-electron chi connectivity index (χ0n) is 12.8. The zero-order chi connectivity index (χ0) is 14.8. The summed E-state index contributed by atoms with van der Waals surface area (Å²) in [6, 6.07) is 15.4. The monoisotopic (exact) mass is 279 g/mol. The summed E-state index contributed by atoms with van der Waals surface area (Å²) in [5, 5.41) is 3.48. The maximum absolute atomic E-state index is 5.23. The summed E-state index contributed by atoms with van der Waals surface area (Å²) >= 11 is 0.